The molecule has 1 aliphatic rings. The van der Waals surface area contributed by atoms with Crippen molar-refractivity contribution in [3.05, 3.63) is 58.5 Å². The number of nitrogens with one attached hydrogen (secondary N) is 1. The van der Waals surface area contributed by atoms with Crippen molar-refractivity contribution in [2.75, 3.05) is 13.6 Å². The molecule has 1 aromatic heterocycles. The fraction of sp³-hybridized carbons (Fsp3) is 0.478. The smallest absolute Gasteiger partial charge is 0.318 e. The van der Waals surface area contributed by atoms with Crippen LogP contribution in [0.4, 0.5) is 4.79 Å². The normalized spacial score (nSPS) is 17.3. The highest BCUT2D eigenvalue weighted by Gasteiger charge is 2.36. The van der Waals surface area contributed by atoms with Crippen LogP contribution >= 0.6 is 0 Å². The maximum Gasteiger partial charge on any atom is 0.318 e. The van der Waals surface area contributed by atoms with Gasteiger partial charge in [-0.3, -0.25) is 4.79 Å². The monoisotopic (exact) mass is 397 g/mol. The first kappa shape index (κ1) is 21.0. The van der Waals surface area contributed by atoms with E-state index < -0.39 is 6.04 Å². The Morgan fingerprint density at radius 2 is 1.93 bits per heavy atom. The SMILES string of the molecule is Cc1ccc(CN(C)C(=O)C2CCCN2C(=O)NC(C)c2cc(C)c(C)o2)cc1. The molecule has 29 heavy (non-hydrogen) atoms. The topological polar surface area (TPSA) is 65.8 Å². The van der Waals surface area contributed by atoms with E-state index in [1.165, 1.54) is 5.56 Å². The summed E-state index contributed by atoms with van der Waals surface area (Å²) in [5.74, 6) is 1.57. The Labute approximate surface area is 172 Å². The summed E-state index contributed by atoms with van der Waals surface area (Å²) in [5, 5.41) is 2.98. The summed E-state index contributed by atoms with van der Waals surface area (Å²) in [6.07, 6.45) is 1.52. The van der Waals surface area contributed by atoms with Gasteiger partial charge in [-0.1, -0.05) is 29.8 Å². The zero-order valence-corrected chi connectivity index (χ0v) is 18.0. The van der Waals surface area contributed by atoms with Gasteiger partial charge < -0.3 is 19.5 Å². The molecule has 2 heterocycles. The average Bonchev–Trinajstić information content (AvgIpc) is 3.30. The van der Waals surface area contributed by atoms with Gasteiger partial charge in [-0.25, -0.2) is 4.79 Å². The Morgan fingerprint density at radius 3 is 2.55 bits per heavy atom. The summed E-state index contributed by atoms with van der Waals surface area (Å²) in [7, 11) is 1.80. The molecule has 156 valence electrons. The van der Waals surface area contributed by atoms with Crippen LogP contribution in [0, 0.1) is 20.8 Å². The van der Waals surface area contributed by atoms with Crippen molar-refractivity contribution >= 4 is 11.9 Å². The van der Waals surface area contributed by atoms with Crippen LogP contribution in [0.3, 0.4) is 0 Å². The summed E-state index contributed by atoms with van der Waals surface area (Å²) in [6, 6.07) is 9.21. The molecule has 2 aromatic rings. The number of likely N-dealkylation sites (tertiary alicyclic amines) is 1. The standard InChI is InChI=1S/C23H31N3O3/c1-15-8-10-19(11-9-15)14-25(5)22(27)20-7-6-12-26(20)23(28)24-17(3)21-13-16(2)18(4)29-21/h8-11,13,17,20H,6-7,12,14H2,1-5H3,(H,24,28). The van der Waals surface area contributed by atoms with E-state index in [1.54, 1.807) is 16.8 Å². The van der Waals surface area contributed by atoms with E-state index in [2.05, 4.69) is 5.32 Å². The quantitative estimate of drug-likeness (QED) is 0.826. The molecular weight excluding hydrogens is 366 g/mol. The number of aryl methyl sites for hydroxylation is 3. The molecule has 1 fully saturated rings. The molecule has 0 spiro atoms. The minimum atomic E-state index is -0.419. The molecule has 3 amide bonds. The van der Waals surface area contributed by atoms with Crippen LogP contribution in [0.15, 0.2) is 34.7 Å². The van der Waals surface area contributed by atoms with Crippen LogP contribution in [-0.4, -0.2) is 41.4 Å². The Kier molecular flexibility index (Phi) is 6.30. The lowest BCUT2D eigenvalue weighted by molar-refractivity contribution is -0.134. The van der Waals surface area contributed by atoms with Gasteiger partial charge in [0.25, 0.3) is 0 Å². The lowest BCUT2D eigenvalue weighted by atomic mass is 10.1. The number of benzene rings is 1. The molecule has 0 aliphatic carbocycles. The van der Waals surface area contributed by atoms with Crippen LogP contribution in [0.2, 0.25) is 0 Å². The van der Waals surface area contributed by atoms with Crippen LogP contribution < -0.4 is 5.32 Å². The first-order chi connectivity index (χ1) is 13.8. The van der Waals surface area contributed by atoms with Gasteiger partial charge in [0.2, 0.25) is 5.91 Å². The predicted octanol–water partition coefficient (Wildman–Crippen LogP) is 4.10. The number of urea groups is 1. The molecule has 1 N–H and O–H groups in total. The molecule has 1 saturated heterocycles. The Bertz CT molecular complexity index is 852. The number of amides is 3. The summed E-state index contributed by atoms with van der Waals surface area (Å²) in [5.41, 5.74) is 3.34. The molecule has 2 atom stereocenters. The zero-order valence-electron chi connectivity index (χ0n) is 18.0. The predicted molar refractivity (Wildman–Crippen MR) is 113 cm³/mol. The number of nitrogens with zero attached hydrogens (tertiary/aromatic N) is 2. The van der Waals surface area contributed by atoms with Gasteiger partial charge in [-0.05, 0) is 57.7 Å². The molecule has 2 unspecified atom stereocenters. The van der Waals surface area contributed by atoms with Crippen LogP contribution in [0.5, 0.6) is 0 Å². The number of furan rings is 1. The van der Waals surface area contributed by atoms with Crippen molar-refractivity contribution < 1.29 is 14.0 Å². The fourth-order valence-corrected chi connectivity index (χ4v) is 3.72. The Balaban J connectivity index is 1.62. The fourth-order valence-electron chi connectivity index (χ4n) is 3.72. The largest absolute Gasteiger partial charge is 0.464 e. The summed E-state index contributed by atoms with van der Waals surface area (Å²) in [6.45, 7) is 8.95. The third-order valence-electron chi connectivity index (χ3n) is 5.67. The first-order valence-corrected chi connectivity index (χ1v) is 10.2. The molecule has 6 nitrogen and oxygen atoms in total. The molecule has 1 aromatic carbocycles. The second kappa shape index (κ2) is 8.72. The zero-order chi connectivity index (χ0) is 21.1. The maximum atomic E-state index is 13.0. The van der Waals surface area contributed by atoms with E-state index in [9.17, 15) is 9.59 Å². The van der Waals surface area contributed by atoms with Crippen LogP contribution in [0.1, 0.15) is 54.0 Å². The number of hydrogen-bond acceptors (Lipinski definition) is 3. The minimum absolute atomic E-state index is 0.0180. The lowest BCUT2D eigenvalue weighted by Gasteiger charge is -2.29. The third kappa shape index (κ3) is 4.81. The molecule has 0 radical (unpaired) electrons. The van der Waals surface area contributed by atoms with E-state index in [4.69, 9.17) is 4.42 Å². The van der Waals surface area contributed by atoms with Crippen molar-refractivity contribution in [1.82, 2.24) is 15.1 Å². The third-order valence-corrected chi connectivity index (χ3v) is 5.67. The van der Waals surface area contributed by atoms with Gasteiger partial charge in [-0.15, -0.1) is 0 Å². The number of rotatable bonds is 5. The van der Waals surface area contributed by atoms with Gasteiger partial charge in [0.05, 0.1) is 6.04 Å². The molecule has 0 saturated carbocycles. The molecule has 1 aliphatic heterocycles. The van der Waals surface area contributed by atoms with E-state index in [0.717, 1.165) is 29.1 Å². The van der Waals surface area contributed by atoms with E-state index in [-0.39, 0.29) is 18.0 Å². The van der Waals surface area contributed by atoms with Crippen molar-refractivity contribution in [3.8, 4) is 0 Å². The maximum absolute atomic E-state index is 13.0. The molecular formula is C23H31N3O3. The van der Waals surface area contributed by atoms with Gasteiger partial charge in [0.1, 0.15) is 17.6 Å². The lowest BCUT2D eigenvalue weighted by Crippen LogP contribution is -2.50. The van der Waals surface area contributed by atoms with Gasteiger partial charge >= 0.3 is 6.03 Å². The minimum Gasteiger partial charge on any atom is -0.464 e. The van der Waals surface area contributed by atoms with E-state index in [0.29, 0.717) is 19.5 Å². The van der Waals surface area contributed by atoms with E-state index in [1.807, 2.05) is 58.0 Å². The second-order valence-electron chi connectivity index (χ2n) is 8.09. The van der Waals surface area contributed by atoms with Crippen molar-refractivity contribution in [3.63, 3.8) is 0 Å². The number of likely N-dealkylation sites (N-methyl/N-ethyl adjacent to an activating group) is 1. The summed E-state index contributed by atoms with van der Waals surface area (Å²) >= 11 is 0. The Morgan fingerprint density at radius 1 is 1.24 bits per heavy atom. The van der Waals surface area contributed by atoms with Gasteiger partial charge in [0, 0.05) is 20.1 Å². The summed E-state index contributed by atoms with van der Waals surface area (Å²) in [4.78, 5) is 29.2. The second-order valence-corrected chi connectivity index (χ2v) is 8.09. The molecule has 3 rings (SSSR count). The first-order valence-electron chi connectivity index (χ1n) is 10.2. The van der Waals surface area contributed by atoms with Crippen LogP contribution in [0.25, 0.3) is 0 Å². The number of carbonyl (C=O) groups is 2. The highest BCUT2D eigenvalue weighted by Crippen LogP contribution is 2.23. The highest BCUT2D eigenvalue weighted by atomic mass is 16.3. The van der Waals surface area contributed by atoms with Crippen molar-refractivity contribution in [1.29, 1.82) is 0 Å². The van der Waals surface area contributed by atoms with Gasteiger partial charge in [0.15, 0.2) is 0 Å². The molecule has 6 heteroatoms. The molecule has 0 bridgehead atoms. The number of carbonyl (C=O) groups excluding carboxylic acids is 2. The summed E-state index contributed by atoms with van der Waals surface area (Å²) < 4.78 is 5.72. The number of hydrogen-bond donors (Lipinski definition) is 1. The van der Waals surface area contributed by atoms with E-state index >= 15 is 0 Å². The Hall–Kier alpha value is -2.76. The van der Waals surface area contributed by atoms with Crippen molar-refractivity contribution in [2.45, 2.75) is 59.2 Å². The van der Waals surface area contributed by atoms with Crippen LogP contribution in [-0.2, 0) is 11.3 Å². The van der Waals surface area contributed by atoms with Gasteiger partial charge in [-0.2, -0.15) is 0 Å². The van der Waals surface area contributed by atoms with Crippen molar-refractivity contribution in [2.24, 2.45) is 0 Å². The average molecular weight is 398 g/mol. The highest BCUT2D eigenvalue weighted by molar-refractivity contribution is 5.87.